The van der Waals surface area contributed by atoms with Gasteiger partial charge in [0, 0.05) is 16.8 Å². The summed E-state index contributed by atoms with van der Waals surface area (Å²) in [5, 5.41) is 3.23. The highest BCUT2D eigenvalue weighted by Crippen LogP contribution is 2.22. The van der Waals surface area contributed by atoms with Crippen molar-refractivity contribution >= 4 is 45.7 Å². The third-order valence-electron chi connectivity index (χ3n) is 2.74. The molecule has 0 radical (unpaired) electrons. The van der Waals surface area contributed by atoms with Crippen LogP contribution in [0.5, 0.6) is 0 Å². The summed E-state index contributed by atoms with van der Waals surface area (Å²) in [6, 6.07) is 5.39. The predicted molar refractivity (Wildman–Crippen MR) is 79.8 cm³/mol. The van der Waals surface area contributed by atoms with Crippen molar-refractivity contribution in [1.29, 1.82) is 0 Å². The van der Waals surface area contributed by atoms with E-state index in [0.717, 1.165) is 10.6 Å². The lowest BCUT2D eigenvalue weighted by molar-refractivity contribution is 0.0558. The second-order valence-corrected chi connectivity index (χ2v) is 5.82. The Balaban J connectivity index is 1.78. The number of nitrogens with one attached hydrogen (secondary N) is 1. The van der Waals surface area contributed by atoms with Crippen molar-refractivity contribution in [2.75, 3.05) is 12.4 Å². The molecule has 1 aromatic carbocycles. The molecule has 8 heteroatoms. The van der Waals surface area contributed by atoms with Gasteiger partial charge in [0.1, 0.15) is 5.52 Å². The van der Waals surface area contributed by atoms with Crippen LogP contribution in [0.3, 0.4) is 0 Å². The number of halogens is 1. The lowest BCUT2D eigenvalue weighted by Gasteiger charge is -2.03. The third kappa shape index (κ3) is 2.98. The van der Waals surface area contributed by atoms with E-state index in [-0.39, 0.29) is 5.89 Å². The monoisotopic (exact) mass is 323 g/mol. The highest BCUT2D eigenvalue weighted by molar-refractivity contribution is 7.15. The van der Waals surface area contributed by atoms with Crippen LogP contribution >= 0.6 is 22.9 Å². The molecule has 0 aliphatic carbocycles. The van der Waals surface area contributed by atoms with Crippen molar-refractivity contribution < 1.29 is 13.9 Å². The molecule has 21 heavy (non-hydrogen) atoms. The van der Waals surface area contributed by atoms with Crippen LogP contribution in [0, 0.1) is 0 Å². The Morgan fingerprint density at radius 2 is 2.38 bits per heavy atom. The molecule has 2 aromatic heterocycles. The van der Waals surface area contributed by atoms with Gasteiger partial charge in [0.25, 0.3) is 0 Å². The number of ether oxygens (including phenoxy) is 1. The molecule has 1 N–H and O–H groups in total. The Kier molecular flexibility index (Phi) is 3.76. The highest BCUT2D eigenvalue weighted by atomic mass is 35.5. The van der Waals surface area contributed by atoms with E-state index in [2.05, 4.69) is 20.0 Å². The fraction of sp³-hybridized carbons (Fsp3) is 0.154. The first-order valence-electron chi connectivity index (χ1n) is 5.98. The fourth-order valence-corrected chi connectivity index (χ4v) is 2.68. The van der Waals surface area contributed by atoms with Gasteiger partial charge in [-0.05, 0) is 18.2 Å². The number of carbonyl (C=O) groups is 1. The lowest BCUT2D eigenvalue weighted by atomic mass is 10.3. The number of methoxy groups -OCH3 is 1. The Bertz CT molecular complexity index is 799. The number of oxazole rings is 1. The van der Waals surface area contributed by atoms with Crippen molar-refractivity contribution in [2.24, 2.45) is 0 Å². The molecule has 0 aliphatic rings. The zero-order valence-corrected chi connectivity index (χ0v) is 12.5. The van der Waals surface area contributed by atoms with Crippen molar-refractivity contribution in [3.63, 3.8) is 0 Å². The number of hydrogen-bond donors (Lipinski definition) is 1. The molecule has 0 saturated carbocycles. The minimum atomic E-state index is -0.597. The van der Waals surface area contributed by atoms with E-state index in [4.69, 9.17) is 16.0 Å². The van der Waals surface area contributed by atoms with Gasteiger partial charge in [0.2, 0.25) is 0 Å². The maximum Gasteiger partial charge on any atom is 0.394 e. The molecule has 0 amide bonds. The minimum absolute atomic E-state index is 0.0566. The lowest BCUT2D eigenvalue weighted by Crippen LogP contribution is -2.00. The standard InChI is InChI=1S/C13H10ClN3O3S/c1-19-12(18)11-17-9-4-7(2-3-10(9)20-11)15-5-8-6-16-13(14)21-8/h2-4,6,15H,5H2,1H3. The minimum Gasteiger partial charge on any atom is -0.462 e. The van der Waals surface area contributed by atoms with Crippen LogP contribution in [0.4, 0.5) is 5.69 Å². The van der Waals surface area contributed by atoms with Gasteiger partial charge >= 0.3 is 11.9 Å². The maximum absolute atomic E-state index is 11.4. The molecule has 2 heterocycles. The first-order valence-corrected chi connectivity index (χ1v) is 7.18. The molecule has 108 valence electrons. The van der Waals surface area contributed by atoms with E-state index in [1.54, 1.807) is 18.3 Å². The number of anilines is 1. The van der Waals surface area contributed by atoms with E-state index in [1.807, 2.05) is 6.07 Å². The largest absolute Gasteiger partial charge is 0.462 e. The average Bonchev–Trinajstić information content (AvgIpc) is 3.09. The first kappa shape index (κ1) is 13.8. The predicted octanol–water partition coefficient (Wildman–Crippen LogP) is 3.34. The quantitative estimate of drug-likeness (QED) is 0.742. The second-order valence-electron chi connectivity index (χ2n) is 4.13. The summed E-state index contributed by atoms with van der Waals surface area (Å²) in [5.41, 5.74) is 1.97. The van der Waals surface area contributed by atoms with Crippen LogP contribution < -0.4 is 5.32 Å². The molecule has 3 aromatic rings. The van der Waals surface area contributed by atoms with Gasteiger partial charge in [0.15, 0.2) is 10.0 Å². The van der Waals surface area contributed by atoms with Crippen LogP contribution in [0.15, 0.2) is 28.8 Å². The number of fused-ring (bicyclic) bond motifs is 1. The number of nitrogens with zero attached hydrogens (tertiary/aromatic N) is 2. The summed E-state index contributed by atoms with van der Waals surface area (Å²) < 4.78 is 10.4. The number of aromatic nitrogens is 2. The molecule has 0 atom stereocenters. The number of benzene rings is 1. The number of esters is 1. The summed E-state index contributed by atoms with van der Waals surface area (Å²) >= 11 is 7.20. The van der Waals surface area contributed by atoms with Gasteiger partial charge in [0.05, 0.1) is 13.7 Å². The van der Waals surface area contributed by atoms with E-state index < -0.39 is 5.97 Å². The Hall–Kier alpha value is -2.12. The third-order valence-corrected chi connectivity index (χ3v) is 3.85. The number of rotatable bonds is 4. The normalized spacial score (nSPS) is 10.8. The van der Waals surface area contributed by atoms with E-state index in [0.29, 0.717) is 22.1 Å². The summed E-state index contributed by atoms with van der Waals surface area (Å²) in [4.78, 5) is 20.5. The maximum atomic E-state index is 11.4. The summed E-state index contributed by atoms with van der Waals surface area (Å²) in [6.07, 6.45) is 1.73. The van der Waals surface area contributed by atoms with Crippen molar-refractivity contribution in [3.8, 4) is 0 Å². The van der Waals surface area contributed by atoms with Gasteiger partial charge in [-0.2, -0.15) is 0 Å². The zero-order chi connectivity index (χ0) is 14.8. The smallest absolute Gasteiger partial charge is 0.394 e. The van der Waals surface area contributed by atoms with Crippen LogP contribution in [0.25, 0.3) is 11.1 Å². The average molecular weight is 324 g/mol. The molecular weight excluding hydrogens is 314 g/mol. The van der Waals surface area contributed by atoms with Crippen molar-refractivity contribution in [2.45, 2.75) is 6.54 Å². The van der Waals surface area contributed by atoms with Crippen LogP contribution in [-0.4, -0.2) is 23.0 Å². The van der Waals surface area contributed by atoms with Crippen molar-refractivity contribution in [3.05, 3.63) is 39.6 Å². The molecule has 0 fully saturated rings. The van der Waals surface area contributed by atoms with Gasteiger partial charge in [-0.15, -0.1) is 11.3 Å². The van der Waals surface area contributed by atoms with E-state index in [1.165, 1.54) is 18.4 Å². The molecule has 0 bridgehead atoms. The Morgan fingerprint density at radius 3 is 3.10 bits per heavy atom. The van der Waals surface area contributed by atoms with Crippen LogP contribution in [0.1, 0.15) is 15.6 Å². The van der Waals surface area contributed by atoms with Crippen LogP contribution in [0.2, 0.25) is 4.47 Å². The first-order chi connectivity index (χ1) is 10.2. The number of carbonyl (C=O) groups excluding carboxylic acids is 1. The molecular formula is C13H10ClN3O3S. The Labute approximate surface area is 128 Å². The van der Waals surface area contributed by atoms with Gasteiger partial charge < -0.3 is 14.5 Å². The number of hydrogen-bond acceptors (Lipinski definition) is 7. The van der Waals surface area contributed by atoms with Gasteiger partial charge in [-0.25, -0.2) is 14.8 Å². The highest BCUT2D eigenvalue weighted by Gasteiger charge is 2.14. The molecule has 0 saturated heterocycles. The zero-order valence-electron chi connectivity index (χ0n) is 10.9. The molecule has 0 aliphatic heterocycles. The van der Waals surface area contributed by atoms with Gasteiger partial charge in [-0.3, -0.25) is 0 Å². The SMILES string of the molecule is COC(=O)c1nc2cc(NCc3cnc(Cl)s3)ccc2o1. The molecule has 0 unspecified atom stereocenters. The molecule has 6 nitrogen and oxygen atoms in total. The van der Waals surface area contributed by atoms with Crippen molar-refractivity contribution in [1.82, 2.24) is 9.97 Å². The second kappa shape index (κ2) is 5.71. The van der Waals surface area contributed by atoms with E-state index >= 15 is 0 Å². The topological polar surface area (TPSA) is 77.2 Å². The van der Waals surface area contributed by atoms with Gasteiger partial charge in [-0.1, -0.05) is 11.6 Å². The Morgan fingerprint density at radius 1 is 1.52 bits per heavy atom. The summed E-state index contributed by atoms with van der Waals surface area (Å²) in [5.74, 6) is -0.654. The molecule has 3 rings (SSSR count). The summed E-state index contributed by atoms with van der Waals surface area (Å²) in [6.45, 7) is 0.609. The van der Waals surface area contributed by atoms with Crippen LogP contribution in [-0.2, 0) is 11.3 Å². The molecule has 0 spiro atoms. The number of thiazole rings is 1. The fourth-order valence-electron chi connectivity index (χ4n) is 1.77. The van der Waals surface area contributed by atoms with E-state index in [9.17, 15) is 4.79 Å². The summed E-state index contributed by atoms with van der Waals surface area (Å²) in [7, 11) is 1.28.